The third kappa shape index (κ3) is 4.40. The number of hydrogen-bond acceptors (Lipinski definition) is 6. The first-order valence-corrected chi connectivity index (χ1v) is 9.39. The van der Waals surface area contributed by atoms with Crippen molar-refractivity contribution in [3.8, 4) is 0 Å². The third-order valence-electron chi connectivity index (χ3n) is 5.08. The maximum atomic E-state index is 12.8. The fourth-order valence-electron chi connectivity index (χ4n) is 3.30. The summed E-state index contributed by atoms with van der Waals surface area (Å²) in [6.45, 7) is 5.42. The molecule has 0 aliphatic carbocycles. The Bertz CT molecular complexity index is 967. The predicted octanol–water partition coefficient (Wildman–Crippen LogP) is 3.09. The molecule has 1 aromatic heterocycles. The Hall–Kier alpha value is -2.69. The highest BCUT2D eigenvalue weighted by atomic mass is 19.4. The summed E-state index contributed by atoms with van der Waals surface area (Å²) in [5, 5.41) is 10.7. The SMILES string of the molecule is C=C(CO)c1c(N(N)C(C)c2ccc(C(F)(F)F)cc2)nc(C2CCCO2)[nH]c1=O. The number of hydrazine groups is 1. The molecular weight excluding hydrogens is 401 g/mol. The molecule has 3 rings (SSSR count). The largest absolute Gasteiger partial charge is 0.416 e. The highest BCUT2D eigenvalue weighted by Gasteiger charge is 2.31. The highest BCUT2D eigenvalue weighted by Crippen LogP contribution is 2.33. The van der Waals surface area contributed by atoms with Crippen molar-refractivity contribution in [1.82, 2.24) is 9.97 Å². The molecule has 1 fully saturated rings. The van der Waals surface area contributed by atoms with Gasteiger partial charge in [-0.1, -0.05) is 18.7 Å². The number of aromatic amines is 1. The van der Waals surface area contributed by atoms with Gasteiger partial charge in [0, 0.05) is 6.61 Å². The van der Waals surface area contributed by atoms with Crippen molar-refractivity contribution in [2.45, 2.75) is 38.1 Å². The molecule has 162 valence electrons. The number of nitrogens with zero attached hydrogens (tertiary/aromatic N) is 2. The number of aromatic nitrogens is 2. The number of benzene rings is 1. The molecule has 2 heterocycles. The minimum atomic E-state index is -4.44. The van der Waals surface area contributed by atoms with Crippen molar-refractivity contribution < 1.29 is 23.0 Å². The van der Waals surface area contributed by atoms with Gasteiger partial charge in [0.05, 0.1) is 23.8 Å². The van der Waals surface area contributed by atoms with Crippen LogP contribution >= 0.6 is 0 Å². The number of aliphatic hydroxyl groups excluding tert-OH is 1. The standard InChI is InChI=1S/C20H23F3N4O3/c1-11(10-28)16-18(25-17(26-19(16)29)15-4-3-9-30-15)27(24)12(2)13-5-7-14(8-6-13)20(21,22)23/h5-8,12,15,28H,1,3-4,9-10,24H2,2H3,(H,25,26,29). The quantitative estimate of drug-likeness (QED) is 0.486. The molecule has 7 nitrogen and oxygen atoms in total. The molecule has 0 spiro atoms. The number of nitrogens with two attached hydrogens (primary N) is 1. The van der Waals surface area contributed by atoms with E-state index in [1.807, 2.05) is 0 Å². The zero-order valence-electron chi connectivity index (χ0n) is 16.4. The summed E-state index contributed by atoms with van der Waals surface area (Å²) in [5.74, 6) is 6.62. The first-order chi connectivity index (χ1) is 14.1. The van der Waals surface area contributed by atoms with Crippen molar-refractivity contribution >= 4 is 11.4 Å². The van der Waals surface area contributed by atoms with Crippen LogP contribution in [0.2, 0.25) is 0 Å². The molecule has 1 aromatic carbocycles. The average molecular weight is 424 g/mol. The zero-order valence-corrected chi connectivity index (χ0v) is 16.4. The second-order valence-corrected chi connectivity index (χ2v) is 7.12. The number of H-pyrrole nitrogens is 1. The molecular formula is C20H23F3N4O3. The van der Waals surface area contributed by atoms with Crippen LogP contribution in [0.5, 0.6) is 0 Å². The third-order valence-corrected chi connectivity index (χ3v) is 5.08. The van der Waals surface area contributed by atoms with Crippen LogP contribution < -0.4 is 16.4 Å². The number of nitrogens with one attached hydrogen (secondary N) is 1. The van der Waals surface area contributed by atoms with E-state index < -0.39 is 29.9 Å². The van der Waals surface area contributed by atoms with E-state index in [0.29, 0.717) is 24.4 Å². The summed E-state index contributed by atoms with van der Waals surface area (Å²) in [6, 6.07) is 3.96. The first kappa shape index (κ1) is 22.0. The molecule has 2 aromatic rings. The van der Waals surface area contributed by atoms with Crippen molar-refractivity contribution in [2.75, 3.05) is 18.2 Å². The lowest BCUT2D eigenvalue weighted by Crippen LogP contribution is -2.38. The van der Waals surface area contributed by atoms with Crippen LogP contribution in [0.3, 0.4) is 0 Å². The lowest BCUT2D eigenvalue weighted by molar-refractivity contribution is -0.137. The summed E-state index contributed by atoms with van der Waals surface area (Å²) in [5.41, 5.74) is -0.675. The molecule has 2 atom stereocenters. The fraction of sp³-hybridized carbons (Fsp3) is 0.400. The Labute approximate surface area is 171 Å². The number of aliphatic hydroxyl groups is 1. The number of anilines is 1. The van der Waals surface area contributed by atoms with Crippen LogP contribution in [0.15, 0.2) is 35.6 Å². The lowest BCUT2D eigenvalue weighted by atomic mass is 10.0. The maximum Gasteiger partial charge on any atom is 0.416 e. The fourth-order valence-corrected chi connectivity index (χ4v) is 3.30. The van der Waals surface area contributed by atoms with Crippen LogP contribution in [-0.4, -0.2) is 28.3 Å². The molecule has 10 heteroatoms. The van der Waals surface area contributed by atoms with E-state index >= 15 is 0 Å². The van der Waals surface area contributed by atoms with Gasteiger partial charge in [-0.05, 0) is 43.0 Å². The molecule has 0 amide bonds. The van der Waals surface area contributed by atoms with Crippen LogP contribution in [0.25, 0.3) is 5.57 Å². The Morgan fingerprint density at radius 3 is 2.63 bits per heavy atom. The Morgan fingerprint density at radius 1 is 1.43 bits per heavy atom. The van der Waals surface area contributed by atoms with Gasteiger partial charge in [0.15, 0.2) is 5.82 Å². The summed E-state index contributed by atoms with van der Waals surface area (Å²) in [6.07, 6.45) is -3.33. The van der Waals surface area contributed by atoms with E-state index in [-0.39, 0.29) is 23.1 Å². The maximum absolute atomic E-state index is 12.8. The van der Waals surface area contributed by atoms with Gasteiger partial charge in [-0.25, -0.2) is 10.8 Å². The second kappa shape index (κ2) is 8.58. The molecule has 4 N–H and O–H groups in total. The van der Waals surface area contributed by atoms with Crippen LogP contribution in [-0.2, 0) is 10.9 Å². The number of hydrogen-bond donors (Lipinski definition) is 3. The summed E-state index contributed by atoms with van der Waals surface area (Å²) in [7, 11) is 0. The van der Waals surface area contributed by atoms with E-state index in [0.717, 1.165) is 18.6 Å². The predicted molar refractivity (Wildman–Crippen MR) is 105 cm³/mol. The number of alkyl halides is 3. The van der Waals surface area contributed by atoms with E-state index in [9.17, 15) is 23.1 Å². The molecule has 1 saturated heterocycles. The minimum absolute atomic E-state index is 0.0144. The first-order valence-electron chi connectivity index (χ1n) is 9.39. The van der Waals surface area contributed by atoms with Gasteiger partial charge in [0.1, 0.15) is 11.9 Å². The minimum Gasteiger partial charge on any atom is -0.392 e. The number of ether oxygens (including phenoxy) is 1. The average Bonchev–Trinajstić information content (AvgIpc) is 3.26. The van der Waals surface area contributed by atoms with Gasteiger partial charge >= 0.3 is 6.18 Å². The Morgan fingerprint density at radius 2 is 2.10 bits per heavy atom. The summed E-state index contributed by atoms with van der Waals surface area (Å²) in [4.78, 5) is 19.8. The lowest BCUT2D eigenvalue weighted by Gasteiger charge is -2.28. The van der Waals surface area contributed by atoms with E-state index in [2.05, 4.69) is 16.5 Å². The highest BCUT2D eigenvalue weighted by molar-refractivity contribution is 5.73. The second-order valence-electron chi connectivity index (χ2n) is 7.12. The molecule has 0 radical (unpaired) electrons. The van der Waals surface area contributed by atoms with Gasteiger partial charge in [0.25, 0.3) is 5.56 Å². The van der Waals surface area contributed by atoms with Crippen molar-refractivity contribution in [2.24, 2.45) is 5.84 Å². The number of halogens is 3. The van der Waals surface area contributed by atoms with Crippen molar-refractivity contribution in [1.29, 1.82) is 0 Å². The van der Waals surface area contributed by atoms with Crippen LogP contribution in [0, 0.1) is 0 Å². The molecule has 1 aliphatic heterocycles. The van der Waals surface area contributed by atoms with Gasteiger partial charge in [-0.2, -0.15) is 13.2 Å². The van der Waals surface area contributed by atoms with E-state index in [4.69, 9.17) is 10.6 Å². The molecule has 2 unspecified atom stereocenters. The smallest absolute Gasteiger partial charge is 0.392 e. The molecule has 0 saturated carbocycles. The Kier molecular flexibility index (Phi) is 6.30. The van der Waals surface area contributed by atoms with Gasteiger partial charge < -0.3 is 14.8 Å². The number of rotatable bonds is 6. The monoisotopic (exact) mass is 424 g/mol. The van der Waals surface area contributed by atoms with Gasteiger partial charge in [-0.3, -0.25) is 9.80 Å². The molecule has 30 heavy (non-hydrogen) atoms. The van der Waals surface area contributed by atoms with E-state index in [1.165, 1.54) is 17.1 Å². The normalized spacial score (nSPS) is 17.7. The van der Waals surface area contributed by atoms with Crippen LogP contribution in [0.4, 0.5) is 19.0 Å². The summed E-state index contributed by atoms with van der Waals surface area (Å²) < 4.78 is 44.1. The molecule has 1 aliphatic rings. The summed E-state index contributed by atoms with van der Waals surface area (Å²) >= 11 is 0. The van der Waals surface area contributed by atoms with Crippen molar-refractivity contribution in [3.05, 3.63) is 63.7 Å². The van der Waals surface area contributed by atoms with Gasteiger partial charge in [-0.15, -0.1) is 0 Å². The Balaban J connectivity index is 2.01. The van der Waals surface area contributed by atoms with Crippen molar-refractivity contribution in [3.63, 3.8) is 0 Å². The van der Waals surface area contributed by atoms with Crippen LogP contribution in [0.1, 0.15) is 54.4 Å². The van der Waals surface area contributed by atoms with E-state index in [1.54, 1.807) is 6.92 Å². The topological polar surface area (TPSA) is 104 Å². The molecule has 0 bridgehead atoms. The zero-order chi connectivity index (χ0) is 22.1. The van der Waals surface area contributed by atoms with Gasteiger partial charge in [0.2, 0.25) is 0 Å².